The van der Waals surface area contributed by atoms with Crippen molar-refractivity contribution in [3.05, 3.63) is 42.5 Å². The Balaban J connectivity index is 2.00. The van der Waals surface area contributed by atoms with E-state index >= 15 is 0 Å². The zero-order valence-electron chi connectivity index (χ0n) is 15.1. The number of carbonyl (C=O) groups excluding carboxylic acids is 1. The molecule has 0 saturated carbocycles. The Morgan fingerprint density at radius 1 is 0.880 bits per heavy atom. The number of anilines is 3. The summed E-state index contributed by atoms with van der Waals surface area (Å²) in [5, 5.41) is 5.60. The van der Waals surface area contributed by atoms with Crippen molar-refractivity contribution in [1.29, 1.82) is 0 Å². The van der Waals surface area contributed by atoms with Crippen LogP contribution in [0, 0.1) is 0 Å². The molecule has 0 aliphatic heterocycles. The molecular formula is C19H25N3O3. The van der Waals surface area contributed by atoms with E-state index in [0.717, 1.165) is 24.5 Å². The second-order valence-corrected chi connectivity index (χ2v) is 5.37. The van der Waals surface area contributed by atoms with Gasteiger partial charge in [-0.2, -0.15) is 0 Å². The number of rotatable bonds is 7. The number of urea groups is 1. The molecule has 0 heterocycles. The number of amides is 2. The third-order valence-electron chi connectivity index (χ3n) is 3.90. The molecule has 0 fully saturated rings. The van der Waals surface area contributed by atoms with Crippen LogP contribution in [-0.2, 0) is 0 Å². The number of ether oxygens (including phenoxy) is 2. The predicted molar refractivity (Wildman–Crippen MR) is 102 cm³/mol. The van der Waals surface area contributed by atoms with Gasteiger partial charge >= 0.3 is 6.03 Å². The molecule has 134 valence electrons. The molecule has 0 unspecified atom stereocenters. The van der Waals surface area contributed by atoms with E-state index in [-0.39, 0.29) is 6.03 Å². The van der Waals surface area contributed by atoms with Crippen LogP contribution in [0.5, 0.6) is 11.5 Å². The molecule has 2 rings (SSSR count). The lowest BCUT2D eigenvalue weighted by Crippen LogP contribution is -2.22. The highest BCUT2D eigenvalue weighted by atomic mass is 16.5. The summed E-state index contributed by atoms with van der Waals surface area (Å²) in [5.74, 6) is 1.17. The Labute approximate surface area is 148 Å². The van der Waals surface area contributed by atoms with Crippen molar-refractivity contribution in [3.8, 4) is 11.5 Å². The minimum absolute atomic E-state index is 0.317. The van der Waals surface area contributed by atoms with Gasteiger partial charge in [-0.05, 0) is 50.2 Å². The van der Waals surface area contributed by atoms with Crippen molar-refractivity contribution in [1.82, 2.24) is 0 Å². The fourth-order valence-electron chi connectivity index (χ4n) is 2.55. The van der Waals surface area contributed by atoms with Gasteiger partial charge < -0.3 is 25.0 Å². The maximum absolute atomic E-state index is 12.2. The van der Waals surface area contributed by atoms with Crippen molar-refractivity contribution in [2.75, 3.05) is 42.8 Å². The summed E-state index contributed by atoms with van der Waals surface area (Å²) in [5.41, 5.74) is 2.49. The summed E-state index contributed by atoms with van der Waals surface area (Å²) in [6, 6.07) is 12.7. The molecule has 25 heavy (non-hydrogen) atoms. The van der Waals surface area contributed by atoms with E-state index in [1.54, 1.807) is 32.4 Å². The number of nitrogens with one attached hydrogen (secondary N) is 2. The summed E-state index contributed by atoms with van der Waals surface area (Å²) >= 11 is 0. The number of benzene rings is 2. The lowest BCUT2D eigenvalue weighted by atomic mass is 10.2. The molecule has 0 spiro atoms. The van der Waals surface area contributed by atoms with Crippen LogP contribution < -0.4 is 25.0 Å². The number of nitrogens with zero attached hydrogens (tertiary/aromatic N) is 1. The zero-order chi connectivity index (χ0) is 18.2. The molecule has 2 aromatic rings. The molecule has 0 radical (unpaired) electrons. The third-order valence-corrected chi connectivity index (χ3v) is 3.90. The average molecular weight is 343 g/mol. The van der Waals surface area contributed by atoms with E-state index in [0.29, 0.717) is 17.2 Å². The van der Waals surface area contributed by atoms with E-state index in [1.807, 2.05) is 24.3 Å². The molecule has 0 bridgehead atoms. The van der Waals surface area contributed by atoms with Crippen molar-refractivity contribution < 1.29 is 14.3 Å². The fraction of sp³-hybridized carbons (Fsp3) is 0.316. The Hall–Kier alpha value is -2.89. The molecule has 0 aromatic heterocycles. The van der Waals surface area contributed by atoms with Crippen molar-refractivity contribution in [3.63, 3.8) is 0 Å². The summed E-state index contributed by atoms with van der Waals surface area (Å²) in [6.07, 6.45) is 0. The summed E-state index contributed by atoms with van der Waals surface area (Å²) < 4.78 is 10.4. The highest BCUT2D eigenvalue weighted by Gasteiger charge is 2.08. The minimum Gasteiger partial charge on any atom is -0.493 e. The van der Waals surface area contributed by atoms with Crippen molar-refractivity contribution >= 4 is 23.1 Å². The number of hydrogen-bond donors (Lipinski definition) is 2. The first kappa shape index (κ1) is 18.4. The van der Waals surface area contributed by atoms with Gasteiger partial charge in [0.1, 0.15) is 0 Å². The predicted octanol–water partition coefficient (Wildman–Crippen LogP) is 4.19. The second-order valence-electron chi connectivity index (χ2n) is 5.37. The molecule has 0 aliphatic carbocycles. The molecular weight excluding hydrogens is 318 g/mol. The molecule has 0 saturated heterocycles. The van der Waals surface area contributed by atoms with Crippen LogP contribution in [0.2, 0.25) is 0 Å². The van der Waals surface area contributed by atoms with Gasteiger partial charge in [-0.15, -0.1) is 0 Å². The zero-order valence-corrected chi connectivity index (χ0v) is 15.1. The highest BCUT2D eigenvalue weighted by molar-refractivity contribution is 6.00. The maximum atomic E-state index is 12.2. The highest BCUT2D eigenvalue weighted by Crippen LogP contribution is 2.29. The summed E-state index contributed by atoms with van der Waals surface area (Å²) in [6.45, 7) is 6.13. The average Bonchev–Trinajstić information content (AvgIpc) is 2.64. The smallest absolute Gasteiger partial charge is 0.323 e. The van der Waals surface area contributed by atoms with Gasteiger partial charge in [-0.1, -0.05) is 0 Å². The molecule has 2 N–H and O–H groups in total. The Morgan fingerprint density at radius 3 is 2.00 bits per heavy atom. The van der Waals surface area contributed by atoms with Gasteiger partial charge in [0, 0.05) is 36.2 Å². The first-order chi connectivity index (χ1) is 12.1. The van der Waals surface area contributed by atoms with E-state index in [4.69, 9.17) is 9.47 Å². The van der Waals surface area contributed by atoms with Crippen LogP contribution in [0.3, 0.4) is 0 Å². The van der Waals surface area contributed by atoms with Crippen LogP contribution in [-0.4, -0.2) is 33.3 Å². The van der Waals surface area contributed by atoms with Gasteiger partial charge in [-0.3, -0.25) is 0 Å². The van der Waals surface area contributed by atoms with Crippen molar-refractivity contribution in [2.24, 2.45) is 0 Å². The molecule has 6 heteroatoms. The first-order valence-corrected chi connectivity index (χ1v) is 8.26. The molecule has 0 aliphatic rings. The largest absolute Gasteiger partial charge is 0.493 e. The summed E-state index contributed by atoms with van der Waals surface area (Å²) in [4.78, 5) is 14.4. The fourth-order valence-corrected chi connectivity index (χ4v) is 2.55. The Kier molecular flexibility index (Phi) is 6.51. The molecule has 0 atom stereocenters. The minimum atomic E-state index is -0.317. The standard InChI is InChI=1S/C19H25N3O3/c1-5-22(6-2)16-10-7-14(8-11-16)20-19(23)21-15-9-12-17(24-3)18(13-15)25-4/h7-13H,5-6H2,1-4H3,(H2,20,21,23). The Morgan fingerprint density at radius 2 is 1.44 bits per heavy atom. The van der Waals surface area contributed by atoms with Gasteiger partial charge in [0.25, 0.3) is 0 Å². The second kappa shape index (κ2) is 8.82. The lowest BCUT2D eigenvalue weighted by molar-refractivity contribution is 0.262. The molecule has 2 aromatic carbocycles. The van der Waals surface area contributed by atoms with Gasteiger partial charge in [0.2, 0.25) is 0 Å². The number of carbonyl (C=O) groups is 1. The van der Waals surface area contributed by atoms with Crippen LogP contribution in [0.1, 0.15) is 13.8 Å². The number of methoxy groups -OCH3 is 2. The monoisotopic (exact) mass is 343 g/mol. The topological polar surface area (TPSA) is 62.8 Å². The summed E-state index contributed by atoms with van der Waals surface area (Å²) in [7, 11) is 3.12. The molecule has 2 amide bonds. The maximum Gasteiger partial charge on any atom is 0.323 e. The van der Waals surface area contributed by atoms with Crippen LogP contribution in [0.4, 0.5) is 21.9 Å². The molecule has 6 nitrogen and oxygen atoms in total. The van der Waals surface area contributed by atoms with Crippen molar-refractivity contribution in [2.45, 2.75) is 13.8 Å². The third kappa shape index (κ3) is 4.79. The normalized spacial score (nSPS) is 10.1. The van der Waals surface area contributed by atoms with E-state index in [9.17, 15) is 4.79 Å². The van der Waals surface area contributed by atoms with Gasteiger partial charge in [-0.25, -0.2) is 4.79 Å². The lowest BCUT2D eigenvalue weighted by Gasteiger charge is -2.21. The van der Waals surface area contributed by atoms with Crippen LogP contribution in [0.15, 0.2) is 42.5 Å². The van der Waals surface area contributed by atoms with Gasteiger partial charge in [0.05, 0.1) is 14.2 Å². The quantitative estimate of drug-likeness (QED) is 0.791. The number of hydrogen-bond acceptors (Lipinski definition) is 4. The Bertz CT molecular complexity index is 698. The SMILES string of the molecule is CCN(CC)c1ccc(NC(=O)Nc2ccc(OC)c(OC)c2)cc1. The van der Waals surface area contributed by atoms with Gasteiger partial charge in [0.15, 0.2) is 11.5 Å². The van der Waals surface area contributed by atoms with E-state index in [1.165, 1.54) is 0 Å². The first-order valence-electron chi connectivity index (χ1n) is 8.26. The van der Waals surface area contributed by atoms with Crippen LogP contribution in [0.25, 0.3) is 0 Å². The van der Waals surface area contributed by atoms with Crippen LogP contribution >= 0.6 is 0 Å². The van der Waals surface area contributed by atoms with E-state index in [2.05, 4.69) is 29.4 Å². The van der Waals surface area contributed by atoms with E-state index < -0.39 is 0 Å².